The molecule has 0 spiro atoms. The first-order valence-corrected chi connectivity index (χ1v) is 5.91. The molecule has 0 fully saturated rings. The molecule has 0 saturated heterocycles. The van der Waals surface area contributed by atoms with E-state index in [2.05, 4.69) is 11.9 Å². The summed E-state index contributed by atoms with van der Waals surface area (Å²) in [6, 6.07) is 5.10. The molecule has 0 N–H and O–H groups in total. The van der Waals surface area contributed by atoms with E-state index in [1.165, 1.54) is 6.07 Å². The van der Waals surface area contributed by atoms with Crippen LogP contribution in [0, 0.1) is 17.0 Å². The number of hydrogen-bond acceptors (Lipinski definition) is 3. The predicted octanol–water partition coefficient (Wildman–Crippen LogP) is 3.04. The molecule has 2 aromatic rings. The fourth-order valence-corrected chi connectivity index (χ4v) is 2.05. The minimum absolute atomic E-state index is 0.116. The van der Waals surface area contributed by atoms with Gasteiger partial charge in [-0.25, -0.2) is 4.98 Å². The second-order valence-corrected chi connectivity index (χ2v) is 4.16. The van der Waals surface area contributed by atoms with Crippen molar-refractivity contribution in [2.75, 3.05) is 0 Å². The maximum Gasteiger partial charge on any atom is 0.293 e. The number of benzene rings is 1. The molecule has 0 bridgehead atoms. The SMILES string of the molecule is CCCc1nccn1-c1c(C)cccc1[N+](=O)[O-]. The number of imidazole rings is 1. The first kappa shape index (κ1) is 12.3. The van der Waals surface area contributed by atoms with E-state index in [1.54, 1.807) is 18.5 Å². The lowest BCUT2D eigenvalue weighted by Crippen LogP contribution is -2.05. The molecule has 0 aliphatic heterocycles. The fourth-order valence-electron chi connectivity index (χ4n) is 2.05. The molecule has 1 aromatic heterocycles. The smallest absolute Gasteiger partial charge is 0.293 e. The highest BCUT2D eigenvalue weighted by atomic mass is 16.6. The Morgan fingerprint density at radius 3 is 2.89 bits per heavy atom. The number of aryl methyl sites for hydroxylation is 2. The minimum Gasteiger partial charge on any atom is -0.297 e. The van der Waals surface area contributed by atoms with Gasteiger partial charge in [0, 0.05) is 24.9 Å². The Balaban J connectivity index is 2.62. The largest absolute Gasteiger partial charge is 0.297 e. The number of para-hydroxylation sites is 1. The van der Waals surface area contributed by atoms with Crippen molar-refractivity contribution in [1.29, 1.82) is 0 Å². The van der Waals surface area contributed by atoms with Crippen LogP contribution in [0.1, 0.15) is 24.7 Å². The Kier molecular flexibility index (Phi) is 3.41. The number of nitro benzene ring substituents is 1. The van der Waals surface area contributed by atoms with Gasteiger partial charge in [0.25, 0.3) is 5.69 Å². The Morgan fingerprint density at radius 2 is 2.22 bits per heavy atom. The van der Waals surface area contributed by atoms with Gasteiger partial charge in [0.1, 0.15) is 11.5 Å². The first-order chi connectivity index (χ1) is 8.65. The summed E-state index contributed by atoms with van der Waals surface area (Å²) < 4.78 is 1.82. The fraction of sp³-hybridized carbons (Fsp3) is 0.308. The Morgan fingerprint density at radius 1 is 1.44 bits per heavy atom. The summed E-state index contributed by atoms with van der Waals surface area (Å²) in [7, 11) is 0. The Labute approximate surface area is 105 Å². The quantitative estimate of drug-likeness (QED) is 0.614. The minimum atomic E-state index is -0.349. The van der Waals surface area contributed by atoms with Crippen molar-refractivity contribution in [2.24, 2.45) is 0 Å². The highest BCUT2D eigenvalue weighted by Crippen LogP contribution is 2.27. The highest BCUT2D eigenvalue weighted by molar-refractivity contribution is 5.57. The van der Waals surface area contributed by atoms with Gasteiger partial charge in [-0.15, -0.1) is 0 Å². The Bertz CT molecular complexity index is 575. The van der Waals surface area contributed by atoms with E-state index >= 15 is 0 Å². The van der Waals surface area contributed by atoms with E-state index in [0.717, 1.165) is 24.2 Å². The summed E-state index contributed by atoms with van der Waals surface area (Å²) in [5.41, 5.74) is 1.60. The third-order valence-electron chi connectivity index (χ3n) is 2.85. The summed E-state index contributed by atoms with van der Waals surface area (Å²) in [6.45, 7) is 3.93. The van der Waals surface area contributed by atoms with E-state index < -0.39 is 0 Å². The van der Waals surface area contributed by atoms with Crippen LogP contribution >= 0.6 is 0 Å². The van der Waals surface area contributed by atoms with Gasteiger partial charge >= 0.3 is 0 Å². The van der Waals surface area contributed by atoms with Gasteiger partial charge in [0.05, 0.1) is 4.92 Å². The van der Waals surface area contributed by atoms with Gasteiger partial charge in [-0.1, -0.05) is 19.1 Å². The van der Waals surface area contributed by atoms with Crippen LogP contribution in [0.2, 0.25) is 0 Å². The van der Waals surface area contributed by atoms with Gasteiger partial charge in [0.15, 0.2) is 0 Å². The van der Waals surface area contributed by atoms with E-state index in [0.29, 0.717) is 5.69 Å². The maximum absolute atomic E-state index is 11.1. The van der Waals surface area contributed by atoms with Crippen molar-refractivity contribution in [2.45, 2.75) is 26.7 Å². The molecule has 5 heteroatoms. The zero-order valence-electron chi connectivity index (χ0n) is 10.5. The normalized spacial score (nSPS) is 10.6. The van der Waals surface area contributed by atoms with Crippen LogP contribution in [0.5, 0.6) is 0 Å². The molecule has 1 heterocycles. The third-order valence-corrected chi connectivity index (χ3v) is 2.85. The maximum atomic E-state index is 11.1. The third kappa shape index (κ3) is 2.11. The van der Waals surface area contributed by atoms with E-state index in [4.69, 9.17) is 0 Å². The highest BCUT2D eigenvalue weighted by Gasteiger charge is 2.18. The molecule has 0 aliphatic carbocycles. The lowest BCUT2D eigenvalue weighted by atomic mass is 10.1. The number of rotatable bonds is 4. The number of nitro groups is 1. The van der Waals surface area contributed by atoms with Crippen LogP contribution in [0.3, 0.4) is 0 Å². The summed E-state index contributed by atoms with van der Waals surface area (Å²) in [5.74, 6) is 0.856. The van der Waals surface area contributed by atoms with E-state index in [1.807, 2.05) is 17.6 Å². The molecule has 94 valence electrons. The molecule has 0 aliphatic rings. The average Bonchev–Trinajstić information content (AvgIpc) is 2.77. The number of hydrogen-bond donors (Lipinski definition) is 0. The molecule has 0 amide bonds. The monoisotopic (exact) mass is 245 g/mol. The second kappa shape index (κ2) is 5.00. The molecular formula is C13H15N3O2. The number of aromatic nitrogens is 2. The zero-order chi connectivity index (χ0) is 13.1. The molecule has 0 saturated carbocycles. The summed E-state index contributed by atoms with van der Waals surface area (Å²) in [5, 5.41) is 11.1. The topological polar surface area (TPSA) is 61.0 Å². The van der Waals surface area contributed by atoms with Crippen molar-refractivity contribution in [3.8, 4) is 5.69 Å². The van der Waals surface area contributed by atoms with Crippen molar-refractivity contribution in [3.63, 3.8) is 0 Å². The van der Waals surface area contributed by atoms with Crippen LogP contribution < -0.4 is 0 Å². The molecular weight excluding hydrogens is 230 g/mol. The van der Waals surface area contributed by atoms with Crippen molar-refractivity contribution in [3.05, 3.63) is 52.1 Å². The summed E-state index contributed by atoms with van der Waals surface area (Å²) in [6.07, 6.45) is 5.22. The van der Waals surface area contributed by atoms with Gasteiger partial charge in [-0.05, 0) is 18.9 Å². The van der Waals surface area contributed by atoms with E-state index in [9.17, 15) is 10.1 Å². The average molecular weight is 245 g/mol. The molecule has 2 rings (SSSR count). The molecule has 5 nitrogen and oxygen atoms in total. The Hall–Kier alpha value is -2.17. The van der Waals surface area contributed by atoms with E-state index in [-0.39, 0.29) is 10.6 Å². The van der Waals surface area contributed by atoms with Crippen molar-refractivity contribution in [1.82, 2.24) is 9.55 Å². The predicted molar refractivity (Wildman–Crippen MR) is 69.0 cm³/mol. The van der Waals surface area contributed by atoms with Crippen LogP contribution in [-0.4, -0.2) is 14.5 Å². The lowest BCUT2D eigenvalue weighted by Gasteiger charge is -2.10. The molecule has 1 aromatic carbocycles. The summed E-state index contributed by atoms with van der Waals surface area (Å²) >= 11 is 0. The number of nitrogens with zero attached hydrogens (tertiary/aromatic N) is 3. The van der Waals surface area contributed by atoms with Crippen LogP contribution in [0.25, 0.3) is 5.69 Å². The second-order valence-electron chi connectivity index (χ2n) is 4.16. The van der Waals surface area contributed by atoms with Crippen LogP contribution in [0.15, 0.2) is 30.6 Å². The standard InChI is InChI=1S/C13H15N3O2/c1-3-5-12-14-8-9-15(12)13-10(2)6-4-7-11(13)16(17)18/h4,6-9H,3,5H2,1-2H3. The summed E-state index contributed by atoms with van der Waals surface area (Å²) in [4.78, 5) is 15.0. The molecule has 0 unspecified atom stereocenters. The van der Waals surface area contributed by atoms with Crippen molar-refractivity contribution >= 4 is 5.69 Å². The molecule has 0 radical (unpaired) electrons. The zero-order valence-corrected chi connectivity index (χ0v) is 10.5. The van der Waals surface area contributed by atoms with Gasteiger partial charge < -0.3 is 0 Å². The van der Waals surface area contributed by atoms with Gasteiger partial charge in [-0.3, -0.25) is 14.7 Å². The lowest BCUT2D eigenvalue weighted by molar-refractivity contribution is -0.384. The molecule has 18 heavy (non-hydrogen) atoms. The van der Waals surface area contributed by atoms with Gasteiger partial charge in [-0.2, -0.15) is 0 Å². The van der Waals surface area contributed by atoms with Crippen LogP contribution in [-0.2, 0) is 6.42 Å². The van der Waals surface area contributed by atoms with Gasteiger partial charge in [0.2, 0.25) is 0 Å². The molecule has 0 atom stereocenters. The van der Waals surface area contributed by atoms with Crippen molar-refractivity contribution < 1.29 is 4.92 Å². The van der Waals surface area contributed by atoms with Crippen LogP contribution in [0.4, 0.5) is 5.69 Å². The first-order valence-electron chi connectivity index (χ1n) is 5.91.